The molecule has 0 fully saturated rings. The molecule has 0 radical (unpaired) electrons. The van der Waals surface area contributed by atoms with Crippen LogP contribution in [-0.2, 0) is 5.60 Å². The Morgan fingerprint density at radius 1 is 1.21 bits per heavy atom. The lowest BCUT2D eigenvalue weighted by atomic mass is 9.92. The second-order valence-electron chi connectivity index (χ2n) is 7.90. The number of rotatable bonds is 6. The summed E-state index contributed by atoms with van der Waals surface area (Å²) in [6, 6.07) is 4.95. The number of amides is 1. The molecular formula is C22H19F2N5O4S. The van der Waals surface area contributed by atoms with Gasteiger partial charge in [0.1, 0.15) is 17.5 Å². The Morgan fingerprint density at radius 3 is 2.47 bits per heavy atom. The predicted molar refractivity (Wildman–Crippen MR) is 121 cm³/mol. The topological polar surface area (TPSA) is 133 Å². The summed E-state index contributed by atoms with van der Waals surface area (Å²) in [6.07, 6.45) is 0. The largest absolute Gasteiger partial charge is 0.434 e. The number of carbonyl (C=O) groups is 1. The summed E-state index contributed by atoms with van der Waals surface area (Å²) in [5.41, 5.74) is 3.87. The molecule has 3 heterocycles. The number of aliphatic hydroxyl groups is 1. The fourth-order valence-electron chi connectivity index (χ4n) is 3.31. The van der Waals surface area contributed by atoms with E-state index in [-0.39, 0.29) is 34.1 Å². The Kier molecular flexibility index (Phi) is 6.02. The van der Waals surface area contributed by atoms with Gasteiger partial charge in [-0.1, -0.05) is 0 Å². The highest BCUT2D eigenvalue weighted by Crippen LogP contribution is 2.38. The smallest absolute Gasteiger partial charge is 0.388 e. The van der Waals surface area contributed by atoms with Gasteiger partial charge in [0.25, 0.3) is 11.8 Å². The number of carbonyl (C=O) groups excluding carboxylic acids is 1. The second kappa shape index (κ2) is 8.80. The Balaban J connectivity index is 1.84. The Hall–Kier alpha value is -3.90. The van der Waals surface area contributed by atoms with Gasteiger partial charge in [0.05, 0.1) is 28.0 Å². The molecule has 0 aliphatic carbocycles. The van der Waals surface area contributed by atoms with E-state index in [9.17, 15) is 14.7 Å². The molecule has 9 nitrogen and oxygen atoms in total. The van der Waals surface area contributed by atoms with Crippen LogP contribution in [-0.4, -0.2) is 26.2 Å². The van der Waals surface area contributed by atoms with Gasteiger partial charge in [-0.05, 0) is 56.0 Å². The van der Waals surface area contributed by atoms with E-state index in [0.717, 1.165) is 12.1 Å². The number of nitrogens with zero attached hydrogens (tertiary/aromatic N) is 2. The Labute approximate surface area is 195 Å². The molecular weight excluding hydrogens is 468 g/mol. The maximum absolute atomic E-state index is 15.2. The summed E-state index contributed by atoms with van der Waals surface area (Å²) in [5.74, 6) is -3.36. The minimum atomic E-state index is -1.48. The van der Waals surface area contributed by atoms with E-state index in [1.54, 1.807) is 16.8 Å². The summed E-state index contributed by atoms with van der Waals surface area (Å²) in [6.45, 7) is 4.33. The van der Waals surface area contributed by atoms with Crippen molar-refractivity contribution in [3.8, 4) is 22.6 Å². The van der Waals surface area contributed by atoms with E-state index in [1.807, 2.05) is 0 Å². The fourth-order valence-corrected chi connectivity index (χ4v) is 3.95. The van der Waals surface area contributed by atoms with E-state index < -0.39 is 34.5 Å². The van der Waals surface area contributed by atoms with Crippen molar-refractivity contribution in [1.82, 2.24) is 20.6 Å². The van der Waals surface area contributed by atoms with Crippen LogP contribution in [0.1, 0.15) is 35.5 Å². The quantitative estimate of drug-likeness (QED) is 0.305. The lowest BCUT2D eigenvalue weighted by Gasteiger charge is -2.20. The van der Waals surface area contributed by atoms with Crippen LogP contribution in [0.15, 0.2) is 44.2 Å². The summed E-state index contributed by atoms with van der Waals surface area (Å²) in [5, 5.41) is 19.4. The lowest BCUT2D eigenvalue weighted by Crippen LogP contribution is -2.29. The average molecular weight is 487 g/mol. The average Bonchev–Trinajstić information content (AvgIpc) is 3.43. The monoisotopic (exact) mass is 487 g/mol. The molecule has 34 heavy (non-hydrogen) atoms. The molecule has 0 aliphatic heterocycles. The van der Waals surface area contributed by atoms with E-state index in [1.165, 1.54) is 38.2 Å². The normalized spacial score (nSPS) is 11.5. The number of hydrazine groups is 1. The van der Waals surface area contributed by atoms with Crippen molar-refractivity contribution in [1.29, 1.82) is 0 Å². The van der Waals surface area contributed by atoms with Crippen molar-refractivity contribution in [3.63, 3.8) is 0 Å². The molecule has 0 spiro atoms. The van der Waals surface area contributed by atoms with Gasteiger partial charge in [-0.15, -0.1) is 5.10 Å². The maximum atomic E-state index is 15.2. The summed E-state index contributed by atoms with van der Waals surface area (Å²) in [7, 11) is 0. The SMILES string of the molecule is Cc1nc(NNC(=O)c2ccsc2)cc(-c2c(F)cc(C(C)(C)O)cc2F)c1-c1n[nH]c(=O)o1. The first-order valence-electron chi connectivity index (χ1n) is 9.93. The van der Waals surface area contributed by atoms with Gasteiger partial charge in [0.2, 0.25) is 0 Å². The summed E-state index contributed by atoms with van der Waals surface area (Å²) < 4.78 is 35.4. The molecule has 1 amide bonds. The molecule has 3 aromatic heterocycles. The highest BCUT2D eigenvalue weighted by Gasteiger charge is 2.26. The Bertz CT molecular complexity index is 1400. The maximum Gasteiger partial charge on any atom is 0.434 e. The van der Waals surface area contributed by atoms with Gasteiger partial charge in [-0.3, -0.25) is 15.6 Å². The zero-order valence-corrected chi connectivity index (χ0v) is 19.0. The molecule has 0 bridgehead atoms. The van der Waals surface area contributed by atoms with Gasteiger partial charge < -0.3 is 9.52 Å². The van der Waals surface area contributed by atoms with E-state index in [2.05, 4.69) is 26.0 Å². The molecule has 1 aromatic carbocycles. The van der Waals surface area contributed by atoms with Crippen LogP contribution in [0.4, 0.5) is 14.6 Å². The number of thiophene rings is 1. The van der Waals surface area contributed by atoms with E-state index in [0.29, 0.717) is 5.56 Å². The molecule has 4 aromatic rings. The highest BCUT2D eigenvalue weighted by atomic mass is 32.1. The minimum Gasteiger partial charge on any atom is -0.388 e. The van der Waals surface area contributed by atoms with Gasteiger partial charge in [-0.25, -0.2) is 23.7 Å². The van der Waals surface area contributed by atoms with E-state index >= 15 is 8.78 Å². The number of H-pyrrole nitrogens is 1. The molecule has 0 unspecified atom stereocenters. The first-order valence-corrected chi connectivity index (χ1v) is 10.9. The van der Waals surface area contributed by atoms with Gasteiger partial charge in [0, 0.05) is 10.9 Å². The van der Waals surface area contributed by atoms with Crippen molar-refractivity contribution in [3.05, 3.63) is 74.0 Å². The number of aromatic amines is 1. The number of pyridine rings is 1. The zero-order chi connectivity index (χ0) is 24.6. The van der Waals surface area contributed by atoms with Crippen LogP contribution < -0.4 is 16.6 Å². The van der Waals surface area contributed by atoms with Crippen LogP contribution >= 0.6 is 11.3 Å². The van der Waals surface area contributed by atoms with Crippen LogP contribution in [0.3, 0.4) is 0 Å². The second-order valence-corrected chi connectivity index (χ2v) is 8.68. The third kappa shape index (κ3) is 4.58. The minimum absolute atomic E-state index is 0.0336. The number of aromatic nitrogens is 3. The molecule has 0 saturated carbocycles. The van der Waals surface area contributed by atoms with Crippen LogP contribution in [0.5, 0.6) is 0 Å². The first kappa shape index (κ1) is 23.3. The van der Waals surface area contributed by atoms with Crippen LogP contribution in [0.2, 0.25) is 0 Å². The molecule has 0 aliphatic rings. The summed E-state index contributed by atoms with van der Waals surface area (Å²) in [4.78, 5) is 28.1. The number of hydrogen-bond donors (Lipinski definition) is 4. The Morgan fingerprint density at radius 2 is 1.91 bits per heavy atom. The van der Waals surface area contributed by atoms with Crippen LogP contribution in [0, 0.1) is 18.6 Å². The van der Waals surface area contributed by atoms with Gasteiger partial charge in [-0.2, -0.15) is 11.3 Å². The highest BCUT2D eigenvalue weighted by molar-refractivity contribution is 7.08. The number of aryl methyl sites for hydroxylation is 1. The molecule has 4 N–H and O–H groups in total. The molecule has 4 rings (SSSR count). The molecule has 176 valence electrons. The number of halogens is 2. The van der Waals surface area contributed by atoms with Crippen molar-refractivity contribution in [2.24, 2.45) is 0 Å². The number of hydrogen-bond acceptors (Lipinski definition) is 8. The zero-order valence-electron chi connectivity index (χ0n) is 18.2. The molecule has 0 saturated heterocycles. The van der Waals surface area contributed by atoms with Crippen molar-refractivity contribution >= 4 is 23.1 Å². The van der Waals surface area contributed by atoms with Gasteiger partial charge >= 0.3 is 5.76 Å². The number of anilines is 1. The van der Waals surface area contributed by atoms with E-state index in [4.69, 9.17) is 4.42 Å². The third-order valence-electron chi connectivity index (χ3n) is 4.96. The van der Waals surface area contributed by atoms with Crippen molar-refractivity contribution < 1.29 is 23.1 Å². The summed E-state index contributed by atoms with van der Waals surface area (Å²) >= 11 is 1.35. The van der Waals surface area contributed by atoms with Crippen molar-refractivity contribution in [2.45, 2.75) is 26.4 Å². The first-order chi connectivity index (χ1) is 16.0. The lowest BCUT2D eigenvalue weighted by molar-refractivity contribution is 0.0778. The molecule has 0 atom stereocenters. The third-order valence-corrected chi connectivity index (χ3v) is 5.64. The molecule has 12 heteroatoms. The van der Waals surface area contributed by atoms with Gasteiger partial charge in [0.15, 0.2) is 0 Å². The standard InChI is InChI=1S/C22H19F2N5O4S/c1-10-17(20-28-29-21(31)33-20)13(18-14(23)6-12(7-15(18)24)22(2,3)32)8-16(25-10)26-27-19(30)11-4-5-34-9-11/h4-9,32H,1-3H3,(H,25,26)(H,27,30)(H,29,31). The van der Waals surface area contributed by atoms with Crippen LogP contribution in [0.25, 0.3) is 22.6 Å². The predicted octanol–water partition coefficient (Wildman–Crippen LogP) is 3.72. The van der Waals surface area contributed by atoms with Crippen molar-refractivity contribution in [2.75, 3.05) is 5.43 Å². The fraction of sp³-hybridized carbons (Fsp3) is 0.182. The number of benzene rings is 1. The number of nitrogens with one attached hydrogen (secondary N) is 3.